The molecule has 25 heavy (non-hydrogen) atoms. The molecule has 0 saturated carbocycles. The van der Waals surface area contributed by atoms with E-state index in [0.29, 0.717) is 0 Å². The highest BCUT2D eigenvalue weighted by Gasteiger charge is 2.20. The van der Waals surface area contributed by atoms with E-state index in [0.717, 1.165) is 50.5 Å². The minimum atomic E-state index is 0. The second-order valence-electron chi connectivity index (χ2n) is 6.79. The SMILES string of the molecule is Cl.O=C(Nc1ccc(OCCN2CCCCC2)cc1)C1CCNCC1. The third-order valence-corrected chi connectivity index (χ3v) is 4.96. The van der Waals surface area contributed by atoms with E-state index in [1.165, 1.54) is 32.4 Å². The van der Waals surface area contributed by atoms with E-state index in [9.17, 15) is 4.79 Å². The van der Waals surface area contributed by atoms with Crippen LogP contribution in [0.4, 0.5) is 5.69 Å². The second-order valence-corrected chi connectivity index (χ2v) is 6.79. The number of halogens is 1. The molecule has 5 nitrogen and oxygen atoms in total. The zero-order valence-corrected chi connectivity index (χ0v) is 15.7. The number of nitrogens with zero attached hydrogens (tertiary/aromatic N) is 1. The number of nitrogens with one attached hydrogen (secondary N) is 2. The number of hydrogen-bond donors (Lipinski definition) is 2. The van der Waals surface area contributed by atoms with Gasteiger partial charge in [0.1, 0.15) is 12.4 Å². The van der Waals surface area contributed by atoms with Crippen molar-refractivity contribution in [3.8, 4) is 5.75 Å². The van der Waals surface area contributed by atoms with E-state index in [1.54, 1.807) is 0 Å². The Kier molecular flexibility index (Phi) is 8.52. The van der Waals surface area contributed by atoms with Gasteiger partial charge in [-0.05, 0) is 76.1 Å². The van der Waals surface area contributed by atoms with Crippen LogP contribution in [0.25, 0.3) is 0 Å². The van der Waals surface area contributed by atoms with Gasteiger partial charge < -0.3 is 15.4 Å². The minimum Gasteiger partial charge on any atom is -0.492 e. The standard InChI is InChI=1S/C19H29N3O2.ClH/c23-19(16-8-10-20-11-9-16)21-17-4-6-18(7-5-17)24-15-14-22-12-2-1-3-13-22;/h4-7,16,20H,1-3,8-15H2,(H,21,23);1H. The second kappa shape index (κ2) is 10.6. The Bertz CT molecular complexity index is 512. The molecular weight excluding hydrogens is 338 g/mol. The number of likely N-dealkylation sites (tertiary alicyclic amines) is 1. The zero-order valence-electron chi connectivity index (χ0n) is 14.8. The average molecular weight is 368 g/mol. The Hall–Kier alpha value is -1.30. The fourth-order valence-corrected chi connectivity index (χ4v) is 3.44. The van der Waals surface area contributed by atoms with Crippen LogP contribution < -0.4 is 15.4 Å². The number of anilines is 1. The Morgan fingerprint density at radius 3 is 2.48 bits per heavy atom. The first-order valence-electron chi connectivity index (χ1n) is 9.28. The van der Waals surface area contributed by atoms with Gasteiger partial charge in [-0.25, -0.2) is 0 Å². The molecule has 2 N–H and O–H groups in total. The number of rotatable bonds is 6. The van der Waals surface area contributed by atoms with Crippen LogP contribution in [0.2, 0.25) is 0 Å². The van der Waals surface area contributed by atoms with Crippen LogP contribution in [0.5, 0.6) is 5.75 Å². The monoisotopic (exact) mass is 367 g/mol. The van der Waals surface area contributed by atoms with Gasteiger partial charge >= 0.3 is 0 Å². The van der Waals surface area contributed by atoms with Crippen molar-refractivity contribution in [3.63, 3.8) is 0 Å². The van der Waals surface area contributed by atoms with Gasteiger partial charge in [0, 0.05) is 18.2 Å². The van der Waals surface area contributed by atoms with Gasteiger partial charge in [-0.3, -0.25) is 9.69 Å². The molecule has 0 unspecified atom stereocenters. The van der Waals surface area contributed by atoms with Crippen molar-refractivity contribution in [1.82, 2.24) is 10.2 Å². The summed E-state index contributed by atoms with van der Waals surface area (Å²) in [6.07, 6.45) is 5.83. The summed E-state index contributed by atoms with van der Waals surface area (Å²) < 4.78 is 5.82. The van der Waals surface area contributed by atoms with Crippen molar-refractivity contribution < 1.29 is 9.53 Å². The molecule has 0 spiro atoms. The Labute approximate surface area is 156 Å². The molecule has 1 aromatic rings. The maximum Gasteiger partial charge on any atom is 0.227 e. The third-order valence-electron chi connectivity index (χ3n) is 4.96. The molecule has 1 aromatic carbocycles. The first-order chi connectivity index (χ1) is 11.8. The van der Waals surface area contributed by atoms with E-state index in [-0.39, 0.29) is 24.2 Å². The van der Waals surface area contributed by atoms with Crippen LogP contribution in [0.1, 0.15) is 32.1 Å². The molecule has 2 aliphatic rings. The van der Waals surface area contributed by atoms with Gasteiger partial charge in [-0.1, -0.05) is 6.42 Å². The summed E-state index contributed by atoms with van der Waals surface area (Å²) in [5, 5.41) is 6.30. The van der Waals surface area contributed by atoms with Crippen molar-refractivity contribution in [2.24, 2.45) is 5.92 Å². The predicted octanol–water partition coefficient (Wildman–Crippen LogP) is 2.91. The number of benzene rings is 1. The van der Waals surface area contributed by atoms with Crippen molar-refractivity contribution in [2.75, 3.05) is 44.6 Å². The molecule has 140 valence electrons. The smallest absolute Gasteiger partial charge is 0.227 e. The first kappa shape index (κ1) is 20.0. The zero-order chi connectivity index (χ0) is 16.6. The maximum absolute atomic E-state index is 12.2. The summed E-state index contributed by atoms with van der Waals surface area (Å²) in [6.45, 7) is 5.98. The van der Waals surface area contributed by atoms with Gasteiger partial charge in [-0.15, -0.1) is 12.4 Å². The Morgan fingerprint density at radius 1 is 1.12 bits per heavy atom. The number of carbonyl (C=O) groups excluding carboxylic acids is 1. The molecule has 1 amide bonds. The van der Waals surface area contributed by atoms with Gasteiger partial charge in [0.25, 0.3) is 0 Å². The maximum atomic E-state index is 12.2. The predicted molar refractivity (Wildman–Crippen MR) is 104 cm³/mol. The topological polar surface area (TPSA) is 53.6 Å². The van der Waals surface area contributed by atoms with Gasteiger partial charge in [0.05, 0.1) is 0 Å². The average Bonchev–Trinajstić information content (AvgIpc) is 2.65. The van der Waals surface area contributed by atoms with Crippen LogP contribution in [0.15, 0.2) is 24.3 Å². The highest BCUT2D eigenvalue weighted by atomic mass is 35.5. The van der Waals surface area contributed by atoms with Crippen LogP contribution in [-0.2, 0) is 4.79 Å². The fourth-order valence-electron chi connectivity index (χ4n) is 3.44. The highest BCUT2D eigenvalue weighted by molar-refractivity contribution is 5.92. The minimum absolute atomic E-state index is 0. The lowest BCUT2D eigenvalue weighted by atomic mass is 9.97. The summed E-state index contributed by atoms with van der Waals surface area (Å²) >= 11 is 0. The van der Waals surface area contributed by atoms with Gasteiger partial charge in [0.15, 0.2) is 0 Å². The summed E-state index contributed by atoms with van der Waals surface area (Å²) in [7, 11) is 0. The van der Waals surface area contributed by atoms with Crippen LogP contribution in [-0.4, -0.2) is 50.1 Å². The molecule has 2 aliphatic heterocycles. The highest BCUT2D eigenvalue weighted by Crippen LogP contribution is 2.19. The molecule has 0 aromatic heterocycles. The van der Waals surface area contributed by atoms with Crippen molar-refractivity contribution in [1.29, 1.82) is 0 Å². The lowest BCUT2D eigenvalue weighted by molar-refractivity contribution is -0.120. The van der Waals surface area contributed by atoms with Crippen molar-refractivity contribution in [2.45, 2.75) is 32.1 Å². The largest absolute Gasteiger partial charge is 0.492 e. The van der Waals surface area contributed by atoms with E-state index in [1.807, 2.05) is 24.3 Å². The summed E-state index contributed by atoms with van der Waals surface area (Å²) in [5.74, 6) is 1.13. The lowest BCUT2D eigenvalue weighted by Gasteiger charge is -2.26. The normalized spacial score (nSPS) is 19.0. The van der Waals surface area contributed by atoms with Crippen molar-refractivity contribution in [3.05, 3.63) is 24.3 Å². The Morgan fingerprint density at radius 2 is 1.80 bits per heavy atom. The molecule has 2 fully saturated rings. The first-order valence-corrected chi connectivity index (χ1v) is 9.28. The van der Waals surface area contributed by atoms with Crippen LogP contribution >= 0.6 is 12.4 Å². The molecule has 2 heterocycles. The summed E-state index contributed by atoms with van der Waals surface area (Å²) in [6, 6.07) is 7.73. The molecule has 3 rings (SSSR count). The number of piperidine rings is 2. The van der Waals surface area contributed by atoms with E-state index in [2.05, 4.69) is 15.5 Å². The van der Waals surface area contributed by atoms with Gasteiger partial charge in [0.2, 0.25) is 5.91 Å². The van der Waals surface area contributed by atoms with Crippen LogP contribution in [0.3, 0.4) is 0 Å². The fraction of sp³-hybridized carbons (Fsp3) is 0.632. The van der Waals surface area contributed by atoms with Crippen LogP contribution in [0, 0.1) is 5.92 Å². The summed E-state index contributed by atoms with van der Waals surface area (Å²) in [5.41, 5.74) is 0.849. The number of ether oxygens (including phenoxy) is 1. The molecule has 0 aliphatic carbocycles. The molecule has 0 bridgehead atoms. The molecule has 6 heteroatoms. The van der Waals surface area contributed by atoms with E-state index >= 15 is 0 Å². The molecule has 0 atom stereocenters. The third kappa shape index (κ3) is 6.49. The van der Waals surface area contributed by atoms with Gasteiger partial charge in [-0.2, -0.15) is 0 Å². The molecule has 2 saturated heterocycles. The van der Waals surface area contributed by atoms with E-state index < -0.39 is 0 Å². The number of hydrogen-bond acceptors (Lipinski definition) is 4. The number of amides is 1. The molecule has 0 radical (unpaired) electrons. The number of carbonyl (C=O) groups is 1. The van der Waals surface area contributed by atoms with E-state index in [4.69, 9.17) is 4.74 Å². The molecular formula is C19H30ClN3O2. The quantitative estimate of drug-likeness (QED) is 0.811. The Balaban J connectivity index is 0.00000225. The van der Waals surface area contributed by atoms with Crippen molar-refractivity contribution >= 4 is 24.0 Å². The lowest BCUT2D eigenvalue weighted by Crippen LogP contribution is -2.34. The summed E-state index contributed by atoms with van der Waals surface area (Å²) in [4.78, 5) is 14.7.